The van der Waals surface area contributed by atoms with E-state index in [-0.39, 0.29) is 0 Å². The minimum atomic E-state index is 0.536. The highest BCUT2D eigenvalue weighted by molar-refractivity contribution is 4.88. The SMILES string of the molecule is CN(C)CC1CCN(CC2(C)CCNC2)CC1. The first-order chi connectivity index (χ1) is 8.07. The summed E-state index contributed by atoms with van der Waals surface area (Å²) in [6.07, 6.45) is 4.13. The number of likely N-dealkylation sites (tertiary alicyclic amines) is 1. The average molecular weight is 239 g/mol. The predicted octanol–water partition coefficient (Wildman–Crippen LogP) is 1.26. The van der Waals surface area contributed by atoms with Crippen LogP contribution in [0, 0.1) is 11.3 Å². The molecule has 0 bridgehead atoms. The van der Waals surface area contributed by atoms with Gasteiger partial charge in [0.2, 0.25) is 0 Å². The summed E-state index contributed by atoms with van der Waals surface area (Å²) in [5.41, 5.74) is 0.536. The summed E-state index contributed by atoms with van der Waals surface area (Å²) in [5, 5.41) is 3.50. The smallest absolute Gasteiger partial charge is 0.00480 e. The van der Waals surface area contributed by atoms with Crippen LogP contribution in [-0.4, -0.2) is 63.2 Å². The van der Waals surface area contributed by atoms with Crippen LogP contribution in [0.15, 0.2) is 0 Å². The maximum atomic E-state index is 3.50. The van der Waals surface area contributed by atoms with Gasteiger partial charge in [-0.05, 0) is 64.3 Å². The van der Waals surface area contributed by atoms with E-state index in [2.05, 4.69) is 36.1 Å². The standard InChI is InChI=1S/C14H29N3/c1-14(6-7-15-11-14)12-17-8-4-13(5-9-17)10-16(2)3/h13,15H,4-12H2,1-3H3. The van der Waals surface area contributed by atoms with Gasteiger partial charge in [0.15, 0.2) is 0 Å². The third-order valence-corrected chi connectivity index (χ3v) is 4.39. The summed E-state index contributed by atoms with van der Waals surface area (Å²) < 4.78 is 0. The van der Waals surface area contributed by atoms with E-state index < -0.39 is 0 Å². The molecule has 1 atom stereocenters. The maximum absolute atomic E-state index is 3.50. The van der Waals surface area contributed by atoms with Crippen molar-refractivity contribution in [1.29, 1.82) is 0 Å². The van der Waals surface area contributed by atoms with E-state index in [9.17, 15) is 0 Å². The van der Waals surface area contributed by atoms with Crippen molar-refractivity contribution in [3.8, 4) is 0 Å². The predicted molar refractivity (Wildman–Crippen MR) is 73.3 cm³/mol. The van der Waals surface area contributed by atoms with Crippen LogP contribution in [0.3, 0.4) is 0 Å². The number of nitrogens with one attached hydrogen (secondary N) is 1. The summed E-state index contributed by atoms with van der Waals surface area (Å²) in [6.45, 7) is 10.1. The monoisotopic (exact) mass is 239 g/mol. The number of piperidine rings is 1. The van der Waals surface area contributed by atoms with Crippen molar-refractivity contribution in [2.75, 3.05) is 53.4 Å². The van der Waals surface area contributed by atoms with E-state index in [1.165, 1.54) is 58.5 Å². The molecule has 0 aromatic carbocycles. The van der Waals surface area contributed by atoms with E-state index >= 15 is 0 Å². The summed E-state index contributed by atoms with van der Waals surface area (Å²) in [4.78, 5) is 5.03. The van der Waals surface area contributed by atoms with Crippen LogP contribution in [-0.2, 0) is 0 Å². The molecule has 0 aromatic rings. The van der Waals surface area contributed by atoms with Crippen molar-refractivity contribution in [2.45, 2.75) is 26.2 Å². The second-order valence-electron chi connectivity index (χ2n) is 6.72. The molecule has 0 aliphatic carbocycles. The average Bonchev–Trinajstić information content (AvgIpc) is 2.67. The summed E-state index contributed by atoms with van der Waals surface area (Å²) in [5.74, 6) is 0.927. The lowest BCUT2D eigenvalue weighted by Gasteiger charge is -2.37. The Morgan fingerprint density at radius 2 is 2.00 bits per heavy atom. The molecule has 2 fully saturated rings. The zero-order valence-corrected chi connectivity index (χ0v) is 11.8. The topological polar surface area (TPSA) is 18.5 Å². The molecule has 1 N–H and O–H groups in total. The molecule has 3 nitrogen and oxygen atoms in total. The van der Waals surface area contributed by atoms with Gasteiger partial charge in [-0.2, -0.15) is 0 Å². The molecule has 2 heterocycles. The van der Waals surface area contributed by atoms with Crippen LogP contribution in [0.5, 0.6) is 0 Å². The fourth-order valence-electron chi connectivity index (χ4n) is 3.39. The molecular formula is C14H29N3. The van der Waals surface area contributed by atoms with Gasteiger partial charge in [-0.1, -0.05) is 6.92 Å². The molecule has 3 heteroatoms. The van der Waals surface area contributed by atoms with E-state index in [0.717, 1.165) is 5.92 Å². The van der Waals surface area contributed by atoms with Gasteiger partial charge < -0.3 is 15.1 Å². The molecule has 17 heavy (non-hydrogen) atoms. The molecule has 0 saturated carbocycles. The Kier molecular flexibility index (Phi) is 4.45. The number of nitrogens with zero attached hydrogens (tertiary/aromatic N) is 2. The first-order valence-corrected chi connectivity index (χ1v) is 7.15. The quantitative estimate of drug-likeness (QED) is 0.797. The molecule has 2 saturated heterocycles. The van der Waals surface area contributed by atoms with Gasteiger partial charge in [-0.3, -0.25) is 0 Å². The Balaban J connectivity index is 1.71. The van der Waals surface area contributed by atoms with Gasteiger partial charge in [0.05, 0.1) is 0 Å². The van der Waals surface area contributed by atoms with Crippen LogP contribution in [0.25, 0.3) is 0 Å². The first kappa shape index (κ1) is 13.3. The highest BCUT2D eigenvalue weighted by Crippen LogP contribution is 2.28. The summed E-state index contributed by atoms with van der Waals surface area (Å²) >= 11 is 0. The fourth-order valence-corrected chi connectivity index (χ4v) is 3.39. The van der Waals surface area contributed by atoms with E-state index in [1.807, 2.05) is 0 Å². The number of hydrogen-bond donors (Lipinski definition) is 1. The van der Waals surface area contributed by atoms with E-state index in [0.29, 0.717) is 5.41 Å². The maximum Gasteiger partial charge on any atom is 0.00480 e. The van der Waals surface area contributed by atoms with Crippen molar-refractivity contribution in [3.63, 3.8) is 0 Å². The van der Waals surface area contributed by atoms with E-state index in [1.54, 1.807) is 0 Å². The molecule has 1 unspecified atom stereocenters. The molecular weight excluding hydrogens is 210 g/mol. The Morgan fingerprint density at radius 3 is 2.53 bits per heavy atom. The van der Waals surface area contributed by atoms with Crippen molar-refractivity contribution >= 4 is 0 Å². The van der Waals surface area contributed by atoms with Gasteiger partial charge in [-0.15, -0.1) is 0 Å². The Bertz CT molecular complexity index is 226. The van der Waals surface area contributed by atoms with Crippen molar-refractivity contribution in [2.24, 2.45) is 11.3 Å². The van der Waals surface area contributed by atoms with Gasteiger partial charge in [0.25, 0.3) is 0 Å². The summed E-state index contributed by atoms with van der Waals surface area (Å²) in [6, 6.07) is 0. The Morgan fingerprint density at radius 1 is 1.29 bits per heavy atom. The lowest BCUT2D eigenvalue weighted by atomic mass is 9.87. The molecule has 2 aliphatic rings. The highest BCUT2D eigenvalue weighted by atomic mass is 15.1. The van der Waals surface area contributed by atoms with Crippen LogP contribution in [0.2, 0.25) is 0 Å². The Labute approximate surface area is 107 Å². The highest BCUT2D eigenvalue weighted by Gasteiger charge is 2.31. The zero-order valence-electron chi connectivity index (χ0n) is 11.8. The number of rotatable bonds is 4. The van der Waals surface area contributed by atoms with Gasteiger partial charge in [0, 0.05) is 19.6 Å². The van der Waals surface area contributed by atoms with Crippen LogP contribution >= 0.6 is 0 Å². The molecule has 0 aromatic heterocycles. The van der Waals surface area contributed by atoms with Crippen LogP contribution < -0.4 is 5.32 Å². The first-order valence-electron chi connectivity index (χ1n) is 7.15. The molecule has 2 rings (SSSR count). The lowest BCUT2D eigenvalue weighted by molar-refractivity contribution is 0.118. The molecule has 0 radical (unpaired) electrons. The van der Waals surface area contributed by atoms with Gasteiger partial charge >= 0.3 is 0 Å². The lowest BCUT2D eigenvalue weighted by Crippen LogP contribution is -2.43. The fraction of sp³-hybridized carbons (Fsp3) is 1.00. The largest absolute Gasteiger partial charge is 0.316 e. The second kappa shape index (κ2) is 5.68. The van der Waals surface area contributed by atoms with Crippen molar-refractivity contribution in [1.82, 2.24) is 15.1 Å². The van der Waals surface area contributed by atoms with Crippen LogP contribution in [0.1, 0.15) is 26.2 Å². The second-order valence-corrected chi connectivity index (χ2v) is 6.72. The third-order valence-electron chi connectivity index (χ3n) is 4.39. The Hall–Kier alpha value is -0.120. The normalized spacial score (nSPS) is 32.5. The molecule has 0 spiro atoms. The molecule has 100 valence electrons. The molecule has 2 aliphatic heterocycles. The molecule has 0 amide bonds. The van der Waals surface area contributed by atoms with Crippen LogP contribution in [0.4, 0.5) is 0 Å². The minimum absolute atomic E-state index is 0.536. The summed E-state index contributed by atoms with van der Waals surface area (Å²) in [7, 11) is 4.38. The van der Waals surface area contributed by atoms with E-state index in [4.69, 9.17) is 0 Å². The van der Waals surface area contributed by atoms with Gasteiger partial charge in [0.1, 0.15) is 0 Å². The van der Waals surface area contributed by atoms with Crippen molar-refractivity contribution < 1.29 is 0 Å². The zero-order chi connectivity index (χ0) is 12.3. The van der Waals surface area contributed by atoms with Gasteiger partial charge in [-0.25, -0.2) is 0 Å². The third kappa shape index (κ3) is 3.94. The van der Waals surface area contributed by atoms with Crippen molar-refractivity contribution in [3.05, 3.63) is 0 Å². The minimum Gasteiger partial charge on any atom is -0.316 e. The number of hydrogen-bond acceptors (Lipinski definition) is 3.